The topological polar surface area (TPSA) is 41.5 Å². The second-order valence-corrected chi connectivity index (χ2v) is 5.73. The molecule has 114 valence electrons. The minimum atomic E-state index is -0.723. The smallest absolute Gasteiger partial charge is 0.167 e. The summed E-state index contributed by atoms with van der Waals surface area (Å²) < 4.78 is 31.8. The Bertz CT molecular complexity index is 440. The predicted octanol–water partition coefficient (Wildman–Crippen LogP) is 2.87. The molecule has 0 aliphatic carbocycles. The quantitative estimate of drug-likeness (QED) is 0.810. The lowest BCUT2D eigenvalue weighted by molar-refractivity contribution is 0.102. The Morgan fingerprint density at radius 1 is 1.30 bits per heavy atom. The van der Waals surface area contributed by atoms with E-state index in [0.717, 1.165) is 12.1 Å². The Balaban J connectivity index is 2.68. The highest BCUT2D eigenvalue weighted by atomic mass is 19.1. The van der Waals surface area contributed by atoms with Gasteiger partial charge in [0.15, 0.2) is 11.6 Å². The van der Waals surface area contributed by atoms with Gasteiger partial charge in [-0.05, 0) is 26.0 Å². The standard InChI is InChI=1S/C15H23F2NO2/c1-10(2)18-15(4,9-19)8-11(3)20-14-6-5-12(16)7-13(14)17/h5-7,10-11,18-19H,8-9H2,1-4H3. The van der Waals surface area contributed by atoms with E-state index in [-0.39, 0.29) is 24.5 Å². The maximum atomic E-state index is 13.5. The maximum Gasteiger partial charge on any atom is 0.167 e. The molecule has 0 heterocycles. The minimum absolute atomic E-state index is 0.0173. The number of aliphatic hydroxyl groups is 1. The number of benzene rings is 1. The van der Waals surface area contributed by atoms with Crippen LogP contribution in [0.4, 0.5) is 8.78 Å². The third-order valence-corrected chi connectivity index (χ3v) is 2.95. The van der Waals surface area contributed by atoms with E-state index in [2.05, 4.69) is 5.32 Å². The molecule has 3 nitrogen and oxygen atoms in total. The van der Waals surface area contributed by atoms with Crippen molar-refractivity contribution in [3.05, 3.63) is 29.8 Å². The molecule has 0 saturated heterocycles. The predicted molar refractivity (Wildman–Crippen MR) is 74.8 cm³/mol. The first-order valence-corrected chi connectivity index (χ1v) is 6.76. The van der Waals surface area contributed by atoms with Crippen molar-refractivity contribution >= 4 is 0 Å². The van der Waals surface area contributed by atoms with Gasteiger partial charge in [-0.3, -0.25) is 0 Å². The minimum Gasteiger partial charge on any atom is -0.488 e. The number of halogens is 2. The molecule has 0 aliphatic heterocycles. The fraction of sp³-hybridized carbons (Fsp3) is 0.600. The highest BCUT2D eigenvalue weighted by Gasteiger charge is 2.27. The molecule has 0 aliphatic rings. The highest BCUT2D eigenvalue weighted by Crippen LogP contribution is 2.22. The van der Waals surface area contributed by atoms with Gasteiger partial charge in [-0.15, -0.1) is 0 Å². The van der Waals surface area contributed by atoms with Crippen LogP contribution in [0, 0.1) is 11.6 Å². The fourth-order valence-corrected chi connectivity index (χ4v) is 2.33. The van der Waals surface area contributed by atoms with Crippen molar-refractivity contribution in [1.82, 2.24) is 5.32 Å². The van der Waals surface area contributed by atoms with Gasteiger partial charge in [0, 0.05) is 24.1 Å². The zero-order valence-corrected chi connectivity index (χ0v) is 12.4. The van der Waals surface area contributed by atoms with E-state index in [9.17, 15) is 13.9 Å². The molecule has 0 amide bonds. The number of rotatable bonds is 7. The van der Waals surface area contributed by atoms with Crippen LogP contribution < -0.4 is 10.1 Å². The zero-order valence-electron chi connectivity index (χ0n) is 12.4. The summed E-state index contributed by atoms with van der Waals surface area (Å²) in [7, 11) is 0. The normalized spacial score (nSPS) is 16.0. The molecule has 5 heteroatoms. The first kappa shape index (κ1) is 16.9. The van der Waals surface area contributed by atoms with Gasteiger partial charge in [0.1, 0.15) is 5.82 Å². The van der Waals surface area contributed by atoms with E-state index >= 15 is 0 Å². The van der Waals surface area contributed by atoms with Gasteiger partial charge in [-0.1, -0.05) is 13.8 Å². The maximum absolute atomic E-state index is 13.5. The summed E-state index contributed by atoms with van der Waals surface area (Å²) in [6.45, 7) is 7.59. The van der Waals surface area contributed by atoms with Crippen molar-refractivity contribution in [2.45, 2.75) is 51.8 Å². The Morgan fingerprint density at radius 3 is 2.45 bits per heavy atom. The molecule has 0 aromatic heterocycles. The molecule has 1 aromatic rings. The lowest BCUT2D eigenvalue weighted by Gasteiger charge is -2.33. The second-order valence-electron chi connectivity index (χ2n) is 5.73. The first-order chi connectivity index (χ1) is 9.25. The highest BCUT2D eigenvalue weighted by molar-refractivity contribution is 5.24. The van der Waals surface area contributed by atoms with Crippen LogP contribution in [0.3, 0.4) is 0 Å². The summed E-state index contributed by atoms with van der Waals surface area (Å²) in [6.07, 6.45) is 0.178. The van der Waals surface area contributed by atoms with Crippen LogP contribution in [-0.2, 0) is 0 Å². The number of aliphatic hydroxyl groups excluding tert-OH is 1. The Morgan fingerprint density at radius 2 is 1.95 bits per heavy atom. The summed E-state index contributed by atoms with van der Waals surface area (Å²) in [4.78, 5) is 0. The third kappa shape index (κ3) is 5.06. The van der Waals surface area contributed by atoms with Crippen molar-refractivity contribution in [2.24, 2.45) is 0 Å². The van der Waals surface area contributed by atoms with Gasteiger partial charge in [0.05, 0.1) is 12.7 Å². The van der Waals surface area contributed by atoms with Crippen LogP contribution in [0.1, 0.15) is 34.1 Å². The van der Waals surface area contributed by atoms with Gasteiger partial charge in [0.25, 0.3) is 0 Å². The van der Waals surface area contributed by atoms with Crippen molar-refractivity contribution in [3.8, 4) is 5.75 Å². The first-order valence-electron chi connectivity index (χ1n) is 6.76. The molecule has 1 rings (SSSR count). The molecule has 0 fully saturated rings. The summed E-state index contributed by atoms with van der Waals surface area (Å²) in [5.41, 5.74) is -0.510. The van der Waals surface area contributed by atoms with Crippen LogP contribution in [0.2, 0.25) is 0 Å². The molecule has 0 saturated carbocycles. The van der Waals surface area contributed by atoms with Crippen molar-refractivity contribution < 1.29 is 18.6 Å². The lowest BCUT2D eigenvalue weighted by atomic mass is 9.94. The van der Waals surface area contributed by atoms with E-state index in [1.807, 2.05) is 20.8 Å². The van der Waals surface area contributed by atoms with Gasteiger partial charge >= 0.3 is 0 Å². The van der Waals surface area contributed by atoms with Crippen LogP contribution in [-0.4, -0.2) is 29.4 Å². The summed E-state index contributed by atoms with van der Waals surface area (Å²) >= 11 is 0. The average molecular weight is 287 g/mol. The molecular weight excluding hydrogens is 264 g/mol. The van der Waals surface area contributed by atoms with Crippen molar-refractivity contribution in [1.29, 1.82) is 0 Å². The fourth-order valence-electron chi connectivity index (χ4n) is 2.33. The van der Waals surface area contributed by atoms with E-state index in [4.69, 9.17) is 4.74 Å². The Kier molecular flexibility index (Phi) is 5.89. The zero-order chi connectivity index (χ0) is 15.3. The Labute approximate surface area is 119 Å². The van der Waals surface area contributed by atoms with E-state index in [1.165, 1.54) is 6.07 Å². The monoisotopic (exact) mass is 287 g/mol. The number of ether oxygens (including phenoxy) is 1. The number of nitrogens with one attached hydrogen (secondary N) is 1. The number of hydrogen-bond acceptors (Lipinski definition) is 3. The van der Waals surface area contributed by atoms with Crippen LogP contribution in [0.5, 0.6) is 5.75 Å². The molecule has 20 heavy (non-hydrogen) atoms. The summed E-state index contributed by atoms with van der Waals surface area (Å²) in [5.74, 6) is -1.34. The molecule has 0 bridgehead atoms. The molecule has 0 radical (unpaired) electrons. The van der Waals surface area contributed by atoms with E-state index < -0.39 is 17.2 Å². The average Bonchev–Trinajstić information content (AvgIpc) is 2.31. The largest absolute Gasteiger partial charge is 0.488 e. The lowest BCUT2D eigenvalue weighted by Crippen LogP contribution is -2.51. The van der Waals surface area contributed by atoms with Crippen molar-refractivity contribution in [3.63, 3.8) is 0 Å². The SMILES string of the molecule is CC(C)NC(C)(CO)CC(C)Oc1ccc(F)cc1F. The molecule has 2 N–H and O–H groups in total. The van der Waals surface area contributed by atoms with Crippen LogP contribution in [0.15, 0.2) is 18.2 Å². The summed E-state index contributed by atoms with van der Waals surface area (Å²) in [6, 6.07) is 3.43. The van der Waals surface area contributed by atoms with Gasteiger partial charge in [-0.25, -0.2) is 8.78 Å². The van der Waals surface area contributed by atoms with Crippen molar-refractivity contribution in [2.75, 3.05) is 6.61 Å². The van der Waals surface area contributed by atoms with Gasteiger partial charge < -0.3 is 15.2 Å². The van der Waals surface area contributed by atoms with Crippen LogP contribution in [0.25, 0.3) is 0 Å². The molecule has 2 atom stereocenters. The van der Waals surface area contributed by atoms with E-state index in [1.54, 1.807) is 6.92 Å². The second kappa shape index (κ2) is 6.99. The Hall–Kier alpha value is -1.20. The van der Waals surface area contributed by atoms with Crippen LogP contribution >= 0.6 is 0 Å². The van der Waals surface area contributed by atoms with Gasteiger partial charge in [-0.2, -0.15) is 0 Å². The van der Waals surface area contributed by atoms with E-state index in [0.29, 0.717) is 6.42 Å². The molecular formula is C15H23F2NO2. The third-order valence-electron chi connectivity index (χ3n) is 2.95. The van der Waals surface area contributed by atoms with Gasteiger partial charge in [0.2, 0.25) is 0 Å². The number of hydrogen-bond donors (Lipinski definition) is 2. The molecule has 2 unspecified atom stereocenters. The molecule has 1 aromatic carbocycles. The molecule has 0 spiro atoms. The summed E-state index contributed by atoms with van der Waals surface area (Å²) in [5, 5.41) is 12.8.